The standard InChI is InChI=1S/C64H115N11O14/c1-26-28-29-40(13)52(77)51-56(81)67-43(27-2)58(83)73(22)48(34-76)61(86)72(21)47(33-64(16,17)89-25)55(80)68-49(38(9)10)62(87)69(18)44(30-35(3)4)54(79)65-41(14)53(78)66-42(15)57(82)70(19)45(31-36(5)6)59(84)71(20)46(32-37(7)8)60(85)74(23)50(39(11)12)63(88)75(51)24/h26,28,35-52,76-77H,27,29-34H2,1-25H3,(H,65,79)(H,66,78)(H,67,81)(H,68,80)/t40-,41+,42-,43+,44+,45+,46+,47+,48?,49+,50+,51+,52-/m1/s1. The lowest BCUT2D eigenvalue weighted by atomic mass is 9.91. The Morgan fingerprint density at radius 2 is 0.910 bits per heavy atom. The van der Waals surface area contributed by atoms with Gasteiger partial charge in [0.2, 0.25) is 65.0 Å². The molecule has 1 fully saturated rings. The van der Waals surface area contributed by atoms with Crippen molar-refractivity contribution in [2.45, 2.75) is 234 Å². The molecule has 1 heterocycles. The second kappa shape index (κ2) is 36.0. The maximum Gasteiger partial charge on any atom is 0.248 e. The van der Waals surface area contributed by atoms with Gasteiger partial charge in [0.25, 0.3) is 0 Å². The third-order valence-corrected chi connectivity index (χ3v) is 17.1. The summed E-state index contributed by atoms with van der Waals surface area (Å²) in [6.07, 6.45) is 2.39. The number of hydrogen-bond donors (Lipinski definition) is 6. The number of allylic oxidation sites excluding steroid dienone is 2. The zero-order chi connectivity index (χ0) is 69.2. The first kappa shape index (κ1) is 80.8. The molecule has 510 valence electrons. The van der Waals surface area contributed by atoms with Gasteiger partial charge in [-0.15, -0.1) is 0 Å². The van der Waals surface area contributed by atoms with Crippen molar-refractivity contribution < 1.29 is 67.7 Å². The van der Waals surface area contributed by atoms with Crippen molar-refractivity contribution in [3.05, 3.63) is 12.2 Å². The number of aliphatic hydroxyl groups excluding tert-OH is 2. The molecule has 13 atom stereocenters. The van der Waals surface area contributed by atoms with E-state index in [0.29, 0.717) is 0 Å². The zero-order valence-electron chi connectivity index (χ0n) is 58.4. The summed E-state index contributed by atoms with van der Waals surface area (Å²) in [6.45, 7) is 28.2. The van der Waals surface area contributed by atoms with Crippen molar-refractivity contribution in [1.82, 2.24) is 55.6 Å². The Morgan fingerprint density at radius 1 is 0.494 bits per heavy atom. The fourth-order valence-electron chi connectivity index (χ4n) is 11.1. The van der Waals surface area contributed by atoms with E-state index in [4.69, 9.17) is 4.74 Å². The molecule has 0 aromatic heterocycles. The van der Waals surface area contributed by atoms with E-state index in [9.17, 15) is 53.4 Å². The maximum absolute atomic E-state index is 15.2. The molecule has 0 spiro atoms. The molecule has 0 radical (unpaired) electrons. The van der Waals surface area contributed by atoms with E-state index in [-0.39, 0.29) is 56.3 Å². The van der Waals surface area contributed by atoms with Gasteiger partial charge in [-0.25, -0.2) is 0 Å². The van der Waals surface area contributed by atoms with Crippen LogP contribution in [-0.2, 0) is 57.5 Å². The lowest BCUT2D eigenvalue weighted by Gasteiger charge is -2.41. The van der Waals surface area contributed by atoms with E-state index in [1.54, 1.807) is 74.5 Å². The molecular formula is C64H115N11O14. The molecule has 89 heavy (non-hydrogen) atoms. The normalized spacial score (nSPS) is 27.2. The second-order valence-corrected chi connectivity index (χ2v) is 27.0. The third kappa shape index (κ3) is 22.0. The first-order valence-electron chi connectivity index (χ1n) is 31.6. The number of carbonyl (C=O) groups excluding carboxylic acids is 11. The van der Waals surface area contributed by atoms with Gasteiger partial charge in [0, 0.05) is 62.9 Å². The van der Waals surface area contributed by atoms with E-state index < -0.39 is 168 Å². The maximum atomic E-state index is 15.2. The van der Waals surface area contributed by atoms with Crippen LogP contribution in [0.4, 0.5) is 0 Å². The first-order valence-corrected chi connectivity index (χ1v) is 31.6. The minimum atomic E-state index is -1.68. The number of nitrogens with zero attached hydrogens (tertiary/aromatic N) is 7. The fraction of sp³-hybridized carbons (Fsp3) is 0.797. The largest absolute Gasteiger partial charge is 0.394 e. The molecule has 11 amide bonds. The topological polar surface area (TPSA) is 308 Å². The number of nitrogens with one attached hydrogen (secondary N) is 4. The summed E-state index contributed by atoms with van der Waals surface area (Å²) in [5.41, 5.74) is -1.08. The Balaban J connectivity index is 4.47. The van der Waals surface area contributed by atoms with Crippen LogP contribution in [0.25, 0.3) is 0 Å². The molecular weight excluding hydrogens is 1150 g/mol. The van der Waals surface area contributed by atoms with Gasteiger partial charge < -0.3 is 70.5 Å². The van der Waals surface area contributed by atoms with Crippen LogP contribution in [-0.4, -0.2) is 251 Å². The van der Waals surface area contributed by atoms with Crippen LogP contribution >= 0.6 is 0 Å². The van der Waals surface area contributed by atoms with Gasteiger partial charge >= 0.3 is 0 Å². The van der Waals surface area contributed by atoms with Crippen LogP contribution < -0.4 is 21.3 Å². The number of aliphatic hydroxyl groups is 2. The number of rotatable bonds is 17. The van der Waals surface area contributed by atoms with Crippen molar-refractivity contribution in [3.63, 3.8) is 0 Å². The predicted octanol–water partition coefficient (Wildman–Crippen LogP) is 2.40. The predicted molar refractivity (Wildman–Crippen MR) is 341 cm³/mol. The molecule has 0 saturated carbocycles. The van der Waals surface area contributed by atoms with E-state index in [1.165, 1.54) is 89.9 Å². The fourth-order valence-corrected chi connectivity index (χ4v) is 11.1. The minimum absolute atomic E-state index is 0.0815. The van der Waals surface area contributed by atoms with Crippen LogP contribution in [0.3, 0.4) is 0 Å². The highest BCUT2D eigenvalue weighted by Crippen LogP contribution is 2.27. The third-order valence-electron chi connectivity index (χ3n) is 17.1. The number of methoxy groups -OCH3 is 1. The summed E-state index contributed by atoms with van der Waals surface area (Å²) in [6, 6.07) is -14.8. The van der Waals surface area contributed by atoms with Crippen molar-refractivity contribution in [2.24, 2.45) is 35.5 Å². The lowest BCUT2D eigenvalue weighted by Crippen LogP contribution is -2.64. The molecule has 1 aliphatic rings. The second-order valence-electron chi connectivity index (χ2n) is 27.0. The summed E-state index contributed by atoms with van der Waals surface area (Å²) in [7, 11) is 11.0. The number of likely N-dealkylation sites (N-methyl/N-ethyl adjacent to an activating group) is 7. The molecule has 0 aromatic rings. The molecule has 25 heteroatoms. The summed E-state index contributed by atoms with van der Waals surface area (Å²) in [5.74, 6) is -10.7. The van der Waals surface area contributed by atoms with Crippen molar-refractivity contribution in [3.8, 4) is 0 Å². The van der Waals surface area contributed by atoms with Crippen LogP contribution in [0.1, 0.15) is 156 Å². The number of amides is 11. The summed E-state index contributed by atoms with van der Waals surface area (Å²) in [5, 5.41) is 34.0. The highest BCUT2D eigenvalue weighted by atomic mass is 16.5. The van der Waals surface area contributed by atoms with Crippen molar-refractivity contribution in [2.75, 3.05) is 63.1 Å². The Morgan fingerprint density at radius 3 is 1.36 bits per heavy atom. The van der Waals surface area contributed by atoms with Crippen LogP contribution in [0.15, 0.2) is 12.2 Å². The van der Waals surface area contributed by atoms with Crippen LogP contribution in [0.2, 0.25) is 0 Å². The van der Waals surface area contributed by atoms with Gasteiger partial charge in [0.1, 0.15) is 66.5 Å². The molecule has 1 saturated heterocycles. The van der Waals surface area contributed by atoms with Gasteiger partial charge in [-0.05, 0) is 102 Å². The van der Waals surface area contributed by atoms with Gasteiger partial charge in [-0.1, -0.05) is 95.2 Å². The smallest absolute Gasteiger partial charge is 0.248 e. The summed E-state index contributed by atoms with van der Waals surface area (Å²) >= 11 is 0. The highest BCUT2D eigenvalue weighted by Gasteiger charge is 2.47. The first-order chi connectivity index (χ1) is 41.0. The van der Waals surface area contributed by atoms with Gasteiger partial charge in [0.05, 0.1) is 18.3 Å². The summed E-state index contributed by atoms with van der Waals surface area (Å²) in [4.78, 5) is 170. The molecule has 0 aliphatic carbocycles. The Hall–Kier alpha value is -6.21. The zero-order valence-corrected chi connectivity index (χ0v) is 58.4. The Kier molecular flexibility index (Phi) is 32.7. The van der Waals surface area contributed by atoms with Crippen LogP contribution in [0, 0.1) is 35.5 Å². The molecule has 1 unspecified atom stereocenters. The van der Waals surface area contributed by atoms with Gasteiger partial charge in [-0.2, -0.15) is 0 Å². The quantitative estimate of drug-likeness (QED) is 0.114. The molecule has 1 rings (SSSR count). The SMILES string of the molecule is CC=CC[C@@H](C)[C@@H](O)[C@H]1C(=O)N[C@@H](CC)C(=O)N(C)C(CO)C(=O)N(C)[C@@H](CC(C)(C)OC)C(=O)N[C@@H](C(C)C)C(=O)N(C)[C@@H](CC(C)C)C(=O)N[C@@H](C)C(=O)N[C@H](C)C(=O)N(C)[C@@H](CC(C)C)C(=O)N(C)[C@@H](CC(C)C)C(=O)N(C)[C@@H](C(C)C)C(=O)N1C. The van der Waals surface area contributed by atoms with Crippen molar-refractivity contribution >= 4 is 65.0 Å². The number of carbonyl (C=O) groups is 11. The minimum Gasteiger partial charge on any atom is -0.394 e. The van der Waals surface area contributed by atoms with Gasteiger partial charge in [-0.3, -0.25) is 52.7 Å². The molecule has 0 bridgehead atoms. The summed E-state index contributed by atoms with van der Waals surface area (Å²) < 4.78 is 5.71. The van der Waals surface area contributed by atoms with E-state index in [2.05, 4.69) is 21.3 Å². The van der Waals surface area contributed by atoms with Crippen molar-refractivity contribution in [1.29, 1.82) is 0 Å². The van der Waals surface area contributed by atoms with E-state index in [1.807, 2.05) is 41.5 Å². The van der Waals surface area contributed by atoms with Gasteiger partial charge in [0.15, 0.2) is 0 Å². The lowest BCUT2D eigenvalue weighted by molar-refractivity contribution is -0.157. The molecule has 6 N–H and O–H groups in total. The average Bonchev–Trinajstić information content (AvgIpc) is 1.47. The number of hydrogen-bond acceptors (Lipinski definition) is 14. The Labute approximate surface area is 531 Å². The van der Waals surface area contributed by atoms with Crippen LogP contribution in [0.5, 0.6) is 0 Å². The number of ether oxygens (including phenoxy) is 1. The molecule has 25 nitrogen and oxygen atoms in total. The van der Waals surface area contributed by atoms with E-state index >= 15 is 9.59 Å². The Bertz CT molecular complexity index is 2450. The average molecular weight is 1260 g/mol. The monoisotopic (exact) mass is 1260 g/mol. The molecule has 0 aromatic carbocycles. The van der Waals surface area contributed by atoms with E-state index in [0.717, 1.165) is 14.7 Å². The highest BCUT2D eigenvalue weighted by molar-refractivity contribution is 6.00. The molecule has 1 aliphatic heterocycles.